The molecular weight excluding hydrogens is 491 g/mol. The number of carbonyl (C=O) groups excluding carboxylic acids is 2. The predicted molar refractivity (Wildman–Crippen MR) is 132 cm³/mol. The Balaban J connectivity index is 1.75. The first-order valence-corrected chi connectivity index (χ1v) is 12.0. The number of unbranched alkanes of at least 4 members (excludes halogenated alkanes) is 1. The zero-order valence-corrected chi connectivity index (χ0v) is 20.0. The summed E-state index contributed by atoms with van der Waals surface area (Å²) in [5.74, 6) is -0.836. The van der Waals surface area contributed by atoms with Crippen LogP contribution in [0.25, 0.3) is 0 Å². The topological polar surface area (TPSA) is 58.2 Å². The fraction of sp³-hybridized carbons (Fsp3) is 0.200. The van der Waals surface area contributed by atoms with Crippen molar-refractivity contribution in [3.05, 3.63) is 88.6 Å². The fourth-order valence-corrected chi connectivity index (χ4v) is 4.36. The van der Waals surface area contributed by atoms with E-state index in [4.69, 9.17) is 0 Å². The maximum Gasteiger partial charge on any atom is 0.242 e. The number of nitrogens with one attached hydrogen (secondary N) is 2. The van der Waals surface area contributed by atoms with Gasteiger partial charge in [-0.05, 0) is 54.4 Å². The maximum absolute atomic E-state index is 14.2. The van der Waals surface area contributed by atoms with Gasteiger partial charge < -0.3 is 10.6 Å². The predicted octanol–water partition coefficient (Wildman–Crippen LogP) is 7.19. The summed E-state index contributed by atoms with van der Waals surface area (Å²) >= 11 is 4.59. The molecule has 2 N–H and O–H groups in total. The molecule has 1 unspecified atom stereocenters. The van der Waals surface area contributed by atoms with Gasteiger partial charge in [0.2, 0.25) is 11.8 Å². The van der Waals surface area contributed by atoms with Gasteiger partial charge in [0.25, 0.3) is 0 Å². The van der Waals surface area contributed by atoms with Crippen LogP contribution in [0.3, 0.4) is 0 Å². The molecule has 0 aliphatic heterocycles. The van der Waals surface area contributed by atoms with E-state index in [-0.39, 0.29) is 17.5 Å². The molecule has 2 amide bonds. The molecule has 0 saturated heterocycles. The minimum absolute atomic E-state index is 0.00897. The lowest BCUT2D eigenvalue weighted by Gasteiger charge is -2.18. The van der Waals surface area contributed by atoms with Crippen molar-refractivity contribution >= 4 is 50.9 Å². The smallest absolute Gasteiger partial charge is 0.242 e. The van der Waals surface area contributed by atoms with E-state index in [0.717, 1.165) is 23.3 Å². The fourth-order valence-electron chi connectivity index (χ4n) is 3.00. The van der Waals surface area contributed by atoms with Crippen molar-refractivity contribution in [2.24, 2.45) is 0 Å². The van der Waals surface area contributed by atoms with Crippen molar-refractivity contribution in [1.82, 2.24) is 0 Å². The van der Waals surface area contributed by atoms with Crippen LogP contribution in [-0.4, -0.2) is 11.8 Å². The first kappa shape index (κ1) is 24.0. The second-order valence-electron chi connectivity index (χ2n) is 7.20. The van der Waals surface area contributed by atoms with Crippen LogP contribution in [0.5, 0.6) is 0 Å². The summed E-state index contributed by atoms with van der Waals surface area (Å²) in [4.78, 5) is 25.9. The molecular formula is C25H24BrFN2O2S. The molecule has 32 heavy (non-hydrogen) atoms. The van der Waals surface area contributed by atoms with E-state index in [1.54, 1.807) is 6.07 Å². The van der Waals surface area contributed by atoms with E-state index >= 15 is 0 Å². The molecule has 4 nitrogen and oxygen atoms in total. The highest BCUT2D eigenvalue weighted by atomic mass is 79.9. The zero-order chi connectivity index (χ0) is 22.9. The summed E-state index contributed by atoms with van der Waals surface area (Å²) in [7, 11) is 0. The molecule has 0 aliphatic rings. The van der Waals surface area contributed by atoms with Gasteiger partial charge >= 0.3 is 0 Å². The molecule has 0 aromatic heterocycles. The van der Waals surface area contributed by atoms with Crippen LogP contribution in [-0.2, 0) is 9.59 Å². The maximum atomic E-state index is 14.2. The quantitative estimate of drug-likeness (QED) is 0.297. The second-order valence-corrected chi connectivity index (χ2v) is 9.29. The first-order valence-electron chi connectivity index (χ1n) is 10.3. The zero-order valence-electron chi connectivity index (χ0n) is 17.6. The Labute approximate surface area is 200 Å². The highest BCUT2D eigenvalue weighted by Crippen LogP contribution is 2.37. The van der Waals surface area contributed by atoms with E-state index in [0.29, 0.717) is 16.6 Å². The Morgan fingerprint density at radius 2 is 1.72 bits per heavy atom. The lowest BCUT2D eigenvalue weighted by atomic mass is 10.1. The van der Waals surface area contributed by atoms with E-state index in [1.165, 1.54) is 23.9 Å². The Bertz CT molecular complexity index is 1060. The van der Waals surface area contributed by atoms with Crippen LogP contribution in [0.1, 0.15) is 37.0 Å². The Kier molecular flexibility index (Phi) is 8.88. The largest absolute Gasteiger partial charge is 0.326 e. The van der Waals surface area contributed by atoms with Crippen LogP contribution >= 0.6 is 27.7 Å². The van der Waals surface area contributed by atoms with Crippen LogP contribution < -0.4 is 10.6 Å². The summed E-state index contributed by atoms with van der Waals surface area (Å²) in [6.45, 7) is 2.05. The number of halogens is 2. The standard InChI is InChI=1S/C25H24BrFN2O2S/c1-2-3-9-23(30)28-19-11-13-20(14-12-19)32-24(17-7-5-4-6-8-17)25(31)29-22-15-10-18(26)16-21(22)27/h4-8,10-16,24H,2-3,9H2,1H3,(H,28,30)(H,29,31). The van der Waals surface area contributed by atoms with E-state index in [1.807, 2.05) is 61.5 Å². The third-order valence-electron chi connectivity index (χ3n) is 4.68. The van der Waals surface area contributed by atoms with Crippen molar-refractivity contribution < 1.29 is 14.0 Å². The van der Waals surface area contributed by atoms with Gasteiger partial charge in [0, 0.05) is 21.5 Å². The molecule has 0 fully saturated rings. The van der Waals surface area contributed by atoms with Crippen LogP contribution in [0.4, 0.5) is 15.8 Å². The summed E-state index contributed by atoms with van der Waals surface area (Å²) in [6.07, 6.45) is 2.32. The number of carbonyl (C=O) groups is 2. The SMILES string of the molecule is CCCCC(=O)Nc1ccc(SC(C(=O)Nc2ccc(Br)cc2F)c2ccccc2)cc1. The number of benzene rings is 3. The molecule has 7 heteroatoms. The van der Waals surface area contributed by atoms with E-state index in [2.05, 4.69) is 26.6 Å². The van der Waals surface area contributed by atoms with Crippen molar-refractivity contribution in [2.75, 3.05) is 10.6 Å². The van der Waals surface area contributed by atoms with Crippen molar-refractivity contribution in [3.63, 3.8) is 0 Å². The van der Waals surface area contributed by atoms with Crippen LogP contribution in [0.15, 0.2) is 82.2 Å². The molecule has 166 valence electrons. The Morgan fingerprint density at radius 1 is 1.00 bits per heavy atom. The summed E-state index contributed by atoms with van der Waals surface area (Å²) in [5.41, 5.74) is 1.66. The van der Waals surface area contributed by atoms with Crippen LogP contribution in [0, 0.1) is 5.82 Å². The molecule has 0 spiro atoms. The number of anilines is 2. The van der Waals surface area contributed by atoms with Gasteiger partial charge in [0.15, 0.2) is 0 Å². The van der Waals surface area contributed by atoms with Crippen LogP contribution in [0.2, 0.25) is 0 Å². The highest BCUT2D eigenvalue weighted by molar-refractivity contribution is 9.10. The Hall–Kier alpha value is -2.64. The van der Waals surface area contributed by atoms with Gasteiger partial charge in [-0.15, -0.1) is 11.8 Å². The third kappa shape index (κ3) is 6.93. The molecule has 0 saturated carbocycles. The third-order valence-corrected chi connectivity index (χ3v) is 6.44. The molecule has 0 heterocycles. The number of hydrogen-bond acceptors (Lipinski definition) is 3. The number of hydrogen-bond donors (Lipinski definition) is 2. The van der Waals surface area contributed by atoms with Gasteiger partial charge in [-0.25, -0.2) is 4.39 Å². The van der Waals surface area contributed by atoms with Gasteiger partial charge in [-0.2, -0.15) is 0 Å². The van der Waals surface area contributed by atoms with Gasteiger partial charge in [0.05, 0.1) is 5.69 Å². The first-order chi connectivity index (χ1) is 15.5. The van der Waals surface area contributed by atoms with Crippen molar-refractivity contribution in [2.45, 2.75) is 36.3 Å². The number of amides is 2. The normalized spacial score (nSPS) is 11.6. The summed E-state index contributed by atoms with van der Waals surface area (Å²) < 4.78 is 14.8. The lowest BCUT2D eigenvalue weighted by molar-refractivity contribution is -0.116. The number of thioether (sulfide) groups is 1. The summed E-state index contributed by atoms with van der Waals surface area (Å²) in [6, 6.07) is 21.2. The van der Waals surface area contributed by atoms with Crippen molar-refractivity contribution in [3.8, 4) is 0 Å². The summed E-state index contributed by atoms with van der Waals surface area (Å²) in [5, 5.41) is 5.00. The van der Waals surface area contributed by atoms with Crippen molar-refractivity contribution in [1.29, 1.82) is 0 Å². The molecule has 3 aromatic rings. The minimum atomic E-state index is -0.579. The molecule has 0 bridgehead atoms. The van der Waals surface area contributed by atoms with E-state index in [9.17, 15) is 14.0 Å². The minimum Gasteiger partial charge on any atom is -0.326 e. The average Bonchev–Trinajstić information content (AvgIpc) is 2.79. The molecule has 3 aromatic carbocycles. The Morgan fingerprint density at radius 3 is 2.38 bits per heavy atom. The molecule has 3 rings (SSSR count). The second kappa shape index (κ2) is 11.8. The van der Waals surface area contributed by atoms with E-state index < -0.39 is 11.1 Å². The monoisotopic (exact) mass is 514 g/mol. The average molecular weight is 515 g/mol. The molecule has 0 aliphatic carbocycles. The highest BCUT2D eigenvalue weighted by Gasteiger charge is 2.23. The molecule has 0 radical (unpaired) electrons. The van der Waals surface area contributed by atoms with Gasteiger partial charge in [-0.1, -0.05) is 59.6 Å². The lowest BCUT2D eigenvalue weighted by Crippen LogP contribution is -2.19. The number of rotatable bonds is 9. The van der Waals surface area contributed by atoms with Gasteiger partial charge in [0.1, 0.15) is 11.1 Å². The molecule has 1 atom stereocenters. The van der Waals surface area contributed by atoms with Gasteiger partial charge in [-0.3, -0.25) is 9.59 Å².